The van der Waals surface area contributed by atoms with Crippen molar-refractivity contribution < 1.29 is 17.9 Å². The summed E-state index contributed by atoms with van der Waals surface area (Å²) in [4.78, 5) is 11.6. The molecule has 0 rings (SSSR count). The Morgan fingerprint density at radius 3 is 2.16 bits per heavy atom. The van der Waals surface area contributed by atoms with Gasteiger partial charge in [-0.25, -0.2) is 4.72 Å². The normalized spacial score (nSPS) is 14.2. The Labute approximate surface area is 116 Å². The molecule has 0 amide bonds. The monoisotopic (exact) mass is 294 g/mol. The van der Waals surface area contributed by atoms with E-state index >= 15 is 0 Å². The zero-order valence-corrected chi connectivity index (χ0v) is 13.5. The number of nitrogens with zero attached hydrogens (tertiary/aromatic N) is 1. The fourth-order valence-corrected chi connectivity index (χ4v) is 2.75. The second kappa shape index (κ2) is 7.81. The summed E-state index contributed by atoms with van der Waals surface area (Å²) in [5, 5.41) is 0. The van der Waals surface area contributed by atoms with Crippen molar-refractivity contribution in [3.8, 4) is 0 Å². The second-order valence-electron chi connectivity index (χ2n) is 5.31. The maximum Gasteiger partial charge on any atom is 0.309 e. The van der Waals surface area contributed by atoms with Crippen LogP contribution in [0.15, 0.2) is 0 Å². The highest BCUT2D eigenvalue weighted by molar-refractivity contribution is 7.87. The van der Waals surface area contributed by atoms with Gasteiger partial charge in [-0.05, 0) is 26.2 Å². The molecule has 0 aliphatic heterocycles. The van der Waals surface area contributed by atoms with Crippen LogP contribution in [0.4, 0.5) is 0 Å². The van der Waals surface area contributed by atoms with E-state index in [1.807, 2.05) is 13.8 Å². The number of esters is 1. The van der Waals surface area contributed by atoms with Crippen molar-refractivity contribution in [2.75, 3.05) is 20.7 Å². The summed E-state index contributed by atoms with van der Waals surface area (Å²) in [7, 11) is -0.744. The van der Waals surface area contributed by atoms with Gasteiger partial charge < -0.3 is 4.74 Å². The Morgan fingerprint density at radius 2 is 1.79 bits per heavy atom. The van der Waals surface area contributed by atoms with Gasteiger partial charge in [0, 0.05) is 19.6 Å². The average molecular weight is 294 g/mol. The van der Waals surface area contributed by atoms with Crippen LogP contribution in [0.2, 0.25) is 0 Å². The van der Waals surface area contributed by atoms with Crippen LogP contribution in [0.5, 0.6) is 0 Å². The van der Waals surface area contributed by atoms with Gasteiger partial charge in [-0.1, -0.05) is 13.8 Å². The van der Waals surface area contributed by atoms with E-state index < -0.39 is 16.1 Å². The minimum Gasteiger partial charge on any atom is -0.469 e. The summed E-state index contributed by atoms with van der Waals surface area (Å²) in [5.74, 6) is -0.555. The number of ether oxygens (including phenoxy) is 1. The zero-order valence-electron chi connectivity index (χ0n) is 12.6. The average Bonchev–Trinajstić information content (AvgIpc) is 2.31. The van der Waals surface area contributed by atoms with Crippen LogP contribution >= 0.6 is 0 Å². The van der Waals surface area contributed by atoms with Crippen LogP contribution in [-0.2, 0) is 19.7 Å². The molecule has 0 heterocycles. The molecule has 0 spiro atoms. The summed E-state index contributed by atoms with van der Waals surface area (Å²) in [6.07, 6.45) is 0.584. The molecular weight excluding hydrogens is 268 g/mol. The van der Waals surface area contributed by atoms with E-state index in [9.17, 15) is 13.2 Å². The van der Waals surface area contributed by atoms with Gasteiger partial charge in [-0.3, -0.25) is 4.79 Å². The van der Waals surface area contributed by atoms with Crippen molar-refractivity contribution in [1.29, 1.82) is 0 Å². The second-order valence-corrected chi connectivity index (χ2v) is 7.13. The van der Waals surface area contributed by atoms with E-state index in [1.165, 1.54) is 18.5 Å². The summed E-state index contributed by atoms with van der Waals surface area (Å²) in [6, 6.07) is -0.140. The first-order chi connectivity index (χ1) is 8.61. The van der Waals surface area contributed by atoms with Gasteiger partial charge in [0.1, 0.15) is 0 Å². The Morgan fingerprint density at radius 1 is 1.26 bits per heavy atom. The number of hydrogen-bond acceptors (Lipinski definition) is 4. The van der Waals surface area contributed by atoms with Crippen LogP contribution in [0.3, 0.4) is 0 Å². The van der Waals surface area contributed by atoms with Crippen LogP contribution in [-0.4, -0.2) is 45.4 Å². The smallest absolute Gasteiger partial charge is 0.309 e. The van der Waals surface area contributed by atoms with Crippen molar-refractivity contribution in [2.45, 2.75) is 40.2 Å². The quantitative estimate of drug-likeness (QED) is 0.678. The molecule has 0 aromatic rings. The molecule has 1 N–H and O–H groups in total. The standard InChI is InChI=1S/C12H26N2O4S/c1-9(2)7-11(12(15)18-6)8-13-19(16,17)14(5)10(3)4/h9-11,13H,7-8H2,1-6H3/t11-/m0/s1. The largest absolute Gasteiger partial charge is 0.469 e. The summed E-state index contributed by atoms with van der Waals surface area (Å²) >= 11 is 0. The third-order valence-electron chi connectivity index (χ3n) is 2.91. The molecule has 0 aromatic heterocycles. The molecule has 6 nitrogen and oxygen atoms in total. The fourth-order valence-electron chi connectivity index (χ4n) is 1.58. The molecule has 0 aliphatic carbocycles. The molecule has 1 atom stereocenters. The van der Waals surface area contributed by atoms with Gasteiger partial charge >= 0.3 is 5.97 Å². The van der Waals surface area contributed by atoms with Crippen molar-refractivity contribution in [3.63, 3.8) is 0 Å². The predicted octanol–water partition coefficient (Wildman–Crippen LogP) is 0.996. The lowest BCUT2D eigenvalue weighted by Crippen LogP contribution is -2.44. The van der Waals surface area contributed by atoms with Crippen LogP contribution < -0.4 is 4.72 Å². The first kappa shape index (κ1) is 18.3. The van der Waals surface area contributed by atoms with Crippen LogP contribution in [0, 0.1) is 11.8 Å². The minimum absolute atomic E-state index is 0.0598. The lowest BCUT2D eigenvalue weighted by Gasteiger charge is -2.23. The third-order valence-corrected chi connectivity index (χ3v) is 4.62. The molecule has 0 fully saturated rings. The highest BCUT2D eigenvalue weighted by atomic mass is 32.2. The molecule has 0 aliphatic rings. The maximum absolute atomic E-state index is 11.9. The van der Waals surface area contributed by atoms with Gasteiger partial charge in [-0.2, -0.15) is 12.7 Å². The Balaban J connectivity index is 4.67. The Hall–Kier alpha value is -0.660. The molecular formula is C12H26N2O4S. The van der Waals surface area contributed by atoms with Gasteiger partial charge in [0.25, 0.3) is 10.2 Å². The van der Waals surface area contributed by atoms with Crippen molar-refractivity contribution in [3.05, 3.63) is 0 Å². The number of nitrogens with one attached hydrogen (secondary N) is 1. The number of rotatable bonds is 8. The van der Waals surface area contributed by atoms with E-state index in [1.54, 1.807) is 13.8 Å². The molecule has 0 bridgehead atoms. The first-order valence-electron chi connectivity index (χ1n) is 6.42. The van der Waals surface area contributed by atoms with Gasteiger partial charge in [0.05, 0.1) is 13.0 Å². The van der Waals surface area contributed by atoms with Crippen LogP contribution in [0.25, 0.3) is 0 Å². The fraction of sp³-hybridized carbons (Fsp3) is 0.917. The van der Waals surface area contributed by atoms with Crippen LogP contribution in [0.1, 0.15) is 34.1 Å². The Kier molecular flexibility index (Phi) is 7.54. The number of methoxy groups -OCH3 is 1. The molecule has 19 heavy (non-hydrogen) atoms. The lowest BCUT2D eigenvalue weighted by molar-refractivity contribution is -0.145. The third kappa shape index (κ3) is 6.35. The van der Waals surface area contributed by atoms with E-state index in [-0.39, 0.29) is 24.5 Å². The summed E-state index contributed by atoms with van der Waals surface area (Å²) in [6.45, 7) is 7.58. The molecule has 7 heteroatoms. The van der Waals surface area contributed by atoms with Gasteiger partial charge in [0.2, 0.25) is 0 Å². The Bertz CT molecular complexity index is 379. The molecule has 0 saturated heterocycles. The number of carbonyl (C=O) groups excluding carboxylic acids is 1. The first-order valence-corrected chi connectivity index (χ1v) is 7.86. The maximum atomic E-state index is 11.9. The highest BCUT2D eigenvalue weighted by Gasteiger charge is 2.25. The SMILES string of the molecule is COC(=O)[C@H](CNS(=O)(=O)N(C)C(C)C)CC(C)C. The minimum atomic E-state index is -3.56. The molecule has 0 radical (unpaired) electrons. The van der Waals surface area contributed by atoms with Crippen molar-refractivity contribution >= 4 is 16.2 Å². The number of hydrogen-bond donors (Lipinski definition) is 1. The van der Waals surface area contributed by atoms with Crippen molar-refractivity contribution in [2.24, 2.45) is 11.8 Å². The molecule has 0 aromatic carbocycles. The van der Waals surface area contributed by atoms with E-state index in [0.717, 1.165) is 0 Å². The topological polar surface area (TPSA) is 75.7 Å². The van der Waals surface area contributed by atoms with Gasteiger partial charge in [-0.15, -0.1) is 0 Å². The summed E-state index contributed by atoms with van der Waals surface area (Å²) < 4.78 is 32.3. The number of carbonyl (C=O) groups is 1. The molecule has 0 saturated carbocycles. The van der Waals surface area contributed by atoms with Crippen molar-refractivity contribution in [1.82, 2.24) is 9.03 Å². The molecule has 0 unspecified atom stereocenters. The zero-order chi connectivity index (χ0) is 15.2. The van der Waals surface area contributed by atoms with E-state index in [0.29, 0.717) is 6.42 Å². The molecule has 114 valence electrons. The van der Waals surface area contributed by atoms with Gasteiger partial charge in [0.15, 0.2) is 0 Å². The lowest BCUT2D eigenvalue weighted by atomic mass is 9.97. The van der Waals surface area contributed by atoms with E-state index in [2.05, 4.69) is 4.72 Å². The van der Waals surface area contributed by atoms with E-state index in [4.69, 9.17) is 4.74 Å². The predicted molar refractivity (Wildman–Crippen MR) is 74.8 cm³/mol. The highest BCUT2D eigenvalue weighted by Crippen LogP contribution is 2.13. The summed E-state index contributed by atoms with van der Waals surface area (Å²) in [5.41, 5.74) is 0.